The van der Waals surface area contributed by atoms with Crippen LogP contribution in [0.1, 0.15) is 11.3 Å². The van der Waals surface area contributed by atoms with Crippen LogP contribution in [-0.2, 0) is 21.2 Å². The minimum absolute atomic E-state index is 0.107. The lowest BCUT2D eigenvalue weighted by molar-refractivity contribution is -0.116. The molecule has 2 N–H and O–H groups in total. The van der Waals surface area contributed by atoms with Gasteiger partial charge in [-0.25, -0.2) is 8.42 Å². The molecule has 1 amide bonds. The molecule has 1 heterocycles. The molecule has 0 aliphatic rings. The molecule has 0 radical (unpaired) electrons. The number of hydrogen-bond acceptors (Lipinski definition) is 5. The van der Waals surface area contributed by atoms with E-state index in [-0.39, 0.29) is 10.8 Å². The first kappa shape index (κ1) is 22.0. The van der Waals surface area contributed by atoms with E-state index in [2.05, 4.69) is 15.0 Å². The van der Waals surface area contributed by atoms with E-state index in [1.807, 2.05) is 18.2 Å². The fraction of sp³-hybridized carbons (Fsp3) is 0.130. The highest BCUT2D eigenvalue weighted by Gasteiger charge is 2.16. The number of aromatic nitrogens is 1. The number of pyridine rings is 1. The van der Waals surface area contributed by atoms with Crippen molar-refractivity contribution in [3.63, 3.8) is 0 Å². The van der Waals surface area contributed by atoms with Gasteiger partial charge in [-0.1, -0.05) is 30.3 Å². The van der Waals surface area contributed by atoms with Gasteiger partial charge in [-0.3, -0.25) is 14.5 Å². The minimum atomic E-state index is -3.77. The van der Waals surface area contributed by atoms with Gasteiger partial charge < -0.3 is 10.1 Å². The van der Waals surface area contributed by atoms with Crippen LogP contribution in [-0.4, -0.2) is 33.0 Å². The van der Waals surface area contributed by atoms with Crippen LogP contribution in [0.5, 0.6) is 5.75 Å². The van der Waals surface area contributed by atoms with E-state index in [1.54, 1.807) is 48.7 Å². The summed E-state index contributed by atoms with van der Waals surface area (Å²) < 4.78 is 33.0. The first-order chi connectivity index (χ1) is 15.0. The maximum absolute atomic E-state index is 12.6. The number of methoxy groups -OCH3 is 1. The Morgan fingerprint density at radius 3 is 2.48 bits per heavy atom. The van der Waals surface area contributed by atoms with E-state index in [4.69, 9.17) is 4.74 Å². The predicted octanol–water partition coefficient (Wildman–Crippen LogP) is 3.26. The molecule has 0 saturated carbocycles. The molecule has 3 aromatic rings. The molecule has 8 heteroatoms. The van der Waals surface area contributed by atoms with Gasteiger partial charge in [0.2, 0.25) is 5.91 Å². The Hall–Kier alpha value is -3.65. The normalized spacial score (nSPS) is 11.3. The van der Waals surface area contributed by atoms with Crippen molar-refractivity contribution in [2.24, 2.45) is 0 Å². The van der Waals surface area contributed by atoms with Crippen molar-refractivity contribution in [1.82, 2.24) is 10.3 Å². The van der Waals surface area contributed by atoms with Crippen LogP contribution < -0.4 is 14.8 Å². The van der Waals surface area contributed by atoms with Crippen LogP contribution in [0.3, 0.4) is 0 Å². The van der Waals surface area contributed by atoms with Crippen LogP contribution in [0.4, 0.5) is 5.69 Å². The second-order valence-electron chi connectivity index (χ2n) is 6.57. The summed E-state index contributed by atoms with van der Waals surface area (Å²) in [6, 6.07) is 18.7. The summed E-state index contributed by atoms with van der Waals surface area (Å²) in [5.74, 6) is 0.199. The van der Waals surface area contributed by atoms with Crippen molar-refractivity contribution in [2.75, 3.05) is 18.4 Å². The van der Waals surface area contributed by atoms with Gasteiger partial charge in [0.15, 0.2) is 0 Å². The Bertz CT molecular complexity index is 1140. The molecule has 0 fully saturated rings. The summed E-state index contributed by atoms with van der Waals surface area (Å²) in [5, 5.41) is 2.79. The largest absolute Gasteiger partial charge is 0.495 e. The zero-order valence-electron chi connectivity index (χ0n) is 17.0. The Labute approximate surface area is 181 Å². The number of nitrogens with one attached hydrogen (secondary N) is 2. The number of carbonyl (C=O) groups excluding carboxylic acids is 1. The van der Waals surface area contributed by atoms with Crippen LogP contribution in [0.25, 0.3) is 6.08 Å². The Balaban J connectivity index is 1.57. The number of rotatable bonds is 9. The molecule has 0 atom stereocenters. The standard InChI is InChI=1S/C23H23N3O4S/c1-30-22-8-3-2-7-21(22)26-31(28,29)20-12-9-18(10-13-20)11-14-23(27)25-17-15-19-6-4-5-16-24-19/h2-14,16,26H,15,17H2,1H3,(H,25,27)/b14-11+. The number of para-hydroxylation sites is 2. The fourth-order valence-electron chi connectivity index (χ4n) is 2.78. The molecule has 0 saturated heterocycles. The third-order valence-electron chi connectivity index (χ3n) is 4.38. The minimum Gasteiger partial charge on any atom is -0.495 e. The van der Waals surface area contributed by atoms with Gasteiger partial charge >= 0.3 is 0 Å². The van der Waals surface area contributed by atoms with Gasteiger partial charge in [-0.05, 0) is 48.0 Å². The summed E-state index contributed by atoms with van der Waals surface area (Å²) in [6.07, 6.45) is 5.40. The van der Waals surface area contributed by atoms with E-state index < -0.39 is 10.0 Å². The molecule has 3 rings (SSSR count). The average Bonchev–Trinajstić information content (AvgIpc) is 2.79. The summed E-state index contributed by atoms with van der Waals surface area (Å²) in [7, 11) is -2.30. The fourth-order valence-corrected chi connectivity index (χ4v) is 3.85. The van der Waals surface area contributed by atoms with Gasteiger partial charge in [0.1, 0.15) is 5.75 Å². The van der Waals surface area contributed by atoms with Gasteiger partial charge in [0.25, 0.3) is 10.0 Å². The molecular weight excluding hydrogens is 414 g/mol. The summed E-state index contributed by atoms with van der Waals surface area (Å²) in [6.45, 7) is 0.478. The maximum Gasteiger partial charge on any atom is 0.262 e. The van der Waals surface area contributed by atoms with E-state index in [1.165, 1.54) is 25.3 Å². The third-order valence-corrected chi connectivity index (χ3v) is 5.76. The van der Waals surface area contributed by atoms with Gasteiger partial charge in [-0.2, -0.15) is 0 Å². The van der Waals surface area contributed by atoms with E-state index in [0.717, 1.165) is 5.69 Å². The van der Waals surface area contributed by atoms with Crippen molar-refractivity contribution in [2.45, 2.75) is 11.3 Å². The number of carbonyl (C=O) groups is 1. The molecule has 160 valence electrons. The molecule has 0 unspecified atom stereocenters. The molecule has 7 nitrogen and oxygen atoms in total. The van der Waals surface area contributed by atoms with Crippen LogP contribution in [0.15, 0.2) is 83.9 Å². The van der Waals surface area contributed by atoms with Gasteiger partial charge in [-0.15, -0.1) is 0 Å². The number of benzene rings is 2. The molecular formula is C23H23N3O4S. The highest BCUT2D eigenvalue weighted by atomic mass is 32.2. The third kappa shape index (κ3) is 6.42. The summed E-state index contributed by atoms with van der Waals surface area (Å²) in [4.78, 5) is 16.3. The van der Waals surface area contributed by atoms with Crippen molar-refractivity contribution >= 4 is 27.7 Å². The topological polar surface area (TPSA) is 97.4 Å². The lowest BCUT2D eigenvalue weighted by Crippen LogP contribution is -2.23. The number of ether oxygens (including phenoxy) is 1. The number of nitrogens with zero attached hydrogens (tertiary/aromatic N) is 1. The van der Waals surface area contributed by atoms with Crippen LogP contribution in [0, 0.1) is 0 Å². The van der Waals surface area contributed by atoms with Crippen molar-refractivity contribution in [1.29, 1.82) is 0 Å². The van der Waals surface area contributed by atoms with Crippen molar-refractivity contribution in [3.05, 3.63) is 90.3 Å². The van der Waals surface area contributed by atoms with Crippen molar-refractivity contribution < 1.29 is 17.9 Å². The second-order valence-corrected chi connectivity index (χ2v) is 8.25. The highest BCUT2D eigenvalue weighted by molar-refractivity contribution is 7.92. The number of amides is 1. The number of sulfonamides is 1. The lowest BCUT2D eigenvalue weighted by Gasteiger charge is -2.11. The molecule has 0 aliphatic carbocycles. The highest BCUT2D eigenvalue weighted by Crippen LogP contribution is 2.26. The predicted molar refractivity (Wildman–Crippen MR) is 120 cm³/mol. The van der Waals surface area contributed by atoms with E-state index in [0.29, 0.717) is 30.0 Å². The zero-order valence-corrected chi connectivity index (χ0v) is 17.8. The monoisotopic (exact) mass is 437 g/mol. The van der Waals surface area contributed by atoms with Gasteiger partial charge in [0, 0.05) is 30.9 Å². The SMILES string of the molecule is COc1ccccc1NS(=O)(=O)c1ccc(/C=C/C(=O)NCCc2ccccn2)cc1. The Morgan fingerprint density at radius 2 is 1.77 bits per heavy atom. The molecule has 0 spiro atoms. The molecule has 0 bridgehead atoms. The van der Waals surface area contributed by atoms with Crippen LogP contribution in [0.2, 0.25) is 0 Å². The maximum atomic E-state index is 12.6. The Kier molecular flexibility index (Phi) is 7.40. The van der Waals surface area contributed by atoms with Gasteiger partial charge in [0.05, 0.1) is 17.7 Å². The Morgan fingerprint density at radius 1 is 1.03 bits per heavy atom. The first-order valence-corrected chi connectivity index (χ1v) is 11.1. The lowest BCUT2D eigenvalue weighted by atomic mass is 10.2. The summed E-state index contributed by atoms with van der Waals surface area (Å²) >= 11 is 0. The van der Waals surface area contributed by atoms with Crippen LogP contribution >= 0.6 is 0 Å². The molecule has 1 aromatic heterocycles. The smallest absolute Gasteiger partial charge is 0.262 e. The zero-order chi connectivity index (χ0) is 22.1. The molecule has 2 aromatic carbocycles. The van der Waals surface area contributed by atoms with Crippen molar-refractivity contribution in [3.8, 4) is 5.75 Å². The van der Waals surface area contributed by atoms with E-state index >= 15 is 0 Å². The average molecular weight is 438 g/mol. The number of hydrogen-bond donors (Lipinski definition) is 2. The van der Waals surface area contributed by atoms with E-state index in [9.17, 15) is 13.2 Å². The second kappa shape index (κ2) is 10.4. The molecule has 0 aliphatic heterocycles. The quantitative estimate of drug-likeness (QED) is 0.501. The molecule has 31 heavy (non-hydrogen) atoms. The number of anilines is 1. The summed E-state index contributed by atoms with van der Waals surface area (Å²) in [5.41, 5.74) is 1.97. The first-order valence-electron chi connectivity index (χ1n) is 9.60.